The first-order valence-corrected chi connectivity index (χ1v) is 11.1. The van der Waals surface area contributed by atoms with Gasteiger partial charge >= 0.3 is 5.97 Å². The molecule has 0 amide bonds. The highest BCUT2D eigenvalue weighted by Crippen LogP contribution is 2.38. The van der Waals surface area contributed by atoms with E-state index in [9.17, 15) is 4.79 Å². The van der Waals surface area contributed by atoms with Crippen LogP contribution in [0.25, 0.3) is 39.9 Å². The summed E-state index contributed by atoms with van der Waals surface area (Å²) < 4.78 is 13.4. The zero-order valence-electron chi connectivity index (χ0n) is 19.0. The van der Waals surface area contributed by atoms with E-state index in [0.717, 1.165) is 22.4 Å². The number of nitrogens with zero attached hydrogens (tertiary/aromatic N) is 4. The van der Waals surface area contributed by atoms with Crippen molar-refractivity contribution in [2.45, 2.75) is 13.3 Å². The highest BCUT2D eigenvalue weighted by atomic mass is 16.5. The standard InChI is InChI=1S/C27H22N4O4/c1-2-20-21(14-9-15-22(20)34-16-23(32)33)25-24(28-17-35-25)27-30-29-26(18-10-5-3-6-11-18)31(27)19-12-7-4-8-13-19/h3-15,17H,2,16H2,1H3,(H,32,33). The summed E-state index contributed by atoms with van der Waals surface area (Å²) in [4.78, 5) is 15.6. The minimum absolute atomic E-state index is 0.428. The molecule has 35 heavy (non-hydrogen) atoms. The molecule has 0 saturated carbocycles. The third kappa shape index (κ3) is 4.29. The Bertz CT molecular complexity index is 1460. The molecule has 0 radical (unpaired) electrons. The van der Waals surface area contributed by atoms with Gasteiger partial charge < -0.3 is 14.3 Å². The predicted molar refractivity (Wildman–Crippen MR) is 130 cm³/mol. The first kappa shape index (κ1) is 22.1. The molecule has 0 saturated heterocycles. The molecular formula is C27H22N4O4. The molecule has 8 nitrogen and oxygen atoms in total. The van der Waals surface area contributed by atoms with E-state index >= 15 is 0 Å². The van der Waals surface area contributed by atoms with Gasteiger partial charge in [0.1, 0.15) is 5.75 Å². The van der Waals surface area contributed by atoms with E-state index in [1.165, 1.54) is 6.39 Å². The predicted octanol–water partition coefficient (Wildman–Crippen LogP) is 5.28. The van der Waals surface area contributed by atoms with Crippen LogP contribution in [0.2, 0.25) is 0 Å². The summed E-state index contributed by atoms with van der Waals surface area (Å²) in [6.45, 7) is 1.55. The molecule has 0 fully saturated rings. The molecule has 0 aliphatic carbocycles. The van der Waals surface area contributed by atoms with Crippen molar-refractivity contribution in [1.29, 1.82) is 0 Å². The third-order valence-corrected chi connectivity index (χ3v) is 5.57. The van der Waals surface area contributed by atoms with Gasteiger partial charge in [-0.25, -0.2) is 9.78 Å². The van der Waals surface area contributed by atoms with Crippen LogP contribution in [0.15, 0.2) is 89.7 Å². The average Bonchev–Trinajstić information content (AvgIpc) is 3.55. The molecule has 0 unspecified atom stereocenters. The molecule has 2 heterocycles. The monoisotopic (exact) mass is 466 g/mol. The second-order valence-electron chi connectivity index (χ2n) is 7.73. The fourth-order valence-electron chi connectivity index (χ4n) is 4.05. The smallest absolute Gasteiger partial charge is 0.341 e. The Balaban J connectivity index is 1.68. The number of hydrogen-bond donors (Lipinski definition) is 1. The molecule has 8 heteroatoms. The number of hydrogen-bond acceptors (Lipinski definition) is 6. The number of aromatic nitrogens is 4. The summed E-state index contributed by atoms with van der Waals surface area (Å²) >= 11 is 0. The lowest BCUT2D eigenvalue weighted by Crippen LogP contribution is -2.10. The Kier molecular flexibility index (Phi) is 6.09. The molecule has 3 aromatic carbocycles. The SMILES string of the molecule is CCc1c(OCC(=O)O)cccc1-c1ocnc1-c1nnc(-c2ccccc2)n1-c1ccccc1. The van der Waals surface area contributed by atoms with Gasteiger partial charge in [0.2, 0.25) is 0 Å². The number of carbonyl (C=O) groups is 1. The maximum atomic E-state index is 11.0. The average molecular weight is 466 g/mol. The Morgan fingerprint density at radius 3 is 2.37 bits per heavy atom. The maximum absolute atomic E-state index is 11.0. The van der Waals surface area contributed by atoms with E-state index in [1.807, 2.05) is 78.2 Å². The Morgan fingerprint density at radius 2 is 1.66 bits per heavy atom. The van der Waals surface area contributed by atoms with Crippen molar-refractivity contribution in [3.05, 3.63) is 90.8 Å². The first-order chi connectivity index (χ1) is 17.2. The highest BCUT2D eigenvalue weighted by molar-refractivity contribution is 5.79. The lowest BCUT2D eigenvalue weighted by Gasteiger charge is -2.14. The number of ether oxygens (including phenoxy) is 1. The Hall–Kier alpha value is -4.72. The van der Waals surface area contributed by atoms with Crippen LogP contribution in [-0.2, 0) is 11.2 Å². The molecule has 0 spiro atoms. The second-order valence-corrected chi connectivity index (χ2v) is 7.73. The van der Waals surface area contributed by atoms with Crippen LogP contribution >= 0.6 is 0 Å². The normalized spacial score (nSPS) is 10.9. The number of carboxylic acid groups (broad SMARTS) is 1. The third-order valence-electron chi connectivity index (χ3n) is 5.57. The maximum Gasteiger partial charge on any atom is 0.341 e. The molecule has 5 rings (SSSR count). The summed E-state index contributed by atoms with van der Waals surface area (Å²) in [6.07, 6.45) is 1.98. The van der Waals surface area contributed by atoms with Crippen molar-refractivity contribution in [1.82, 2.24) is 19.7 Å². The van der Waals surface area contributed by atoms with Crippen molar-refractivity contribution in [3.63, 3.8) is 0 Å². The fraction of sp³-hybridized carbons (Fsp3) is 0.111. The molecule has 2 aromatic heterocycles. The lowest BCUT2D eigenvalue weighted by molar-refractivity contribution is -0.139. The highest BCUT2D eigenvalue weighted by Gasteiger charge is 2.25. The van der Waals surface area contributed by atoms with Gasteiger partial charge in [0, 0.05) is 22.4 Å². The van der Waals surface area contributed by atoms with Gasteiger partial charge in [-0.1, -0.05) is 67.6 Å². The number of rotatable bonds is 8. The number of carboxylic acids is 1. The van der Waals surface area contributed by atoms with Crippen molar-refractivity contribution < 1.29 is 19.1 Å². The van der Waals surface area contributed by atoms with E-state index in [-0.39, 0.29) is 0 Å². The van der Waals surface area contributed by atoms with Crippen LogP contribution in [0.3, 0.4) is 0 Å². The van der Waals surface area contributed by atoms with Crippen LogP contribution in [0, 0.1) is 0 Å². The second kappa shape index (κ2) is 9.64. The van der Waals surface area contributed by atoms with Gasteiger partial charge in [-0.2, -0.15) is 0 Å². The van der Waals surface area contributed by atoms with Crippen molar-refractivity contribution in [2.75, 3.05) is 6.61 Å². The van der Waals surface area contributed by atoms with Crippen molar-refractivity contribution >= 4 is 5.97 Å². The van der Waals surface area contributed by atoms with Gasteiger partial charge in [-0.05, 0) is 24.6 Å². The van der Waals surface area contributed by atoms with E-state index in [2.05, 4.69) is 15.2 Å². The van der Waals surface area contributed by atoms with Crippen LogP contribution in [0.5, 0.6) is 5.75 Å². The molecule has 1 N–H and O–H groups in total. The van der Waals surface area contributed by atoms with Crippen molar-refractivity contribution in [3.8, 4) is 45.7 Å². The summed E-state index contributed by atoms with van der Waals surface area (Å²) in [5.74, 6) is 1.16. The largest absolute Gasteiger partial charge is 0.482 e. The molecule has 0 bridgehead atoms. The molecular weight excluding hydrogens is 444 g/mol. The summed E-state index contributed by atoms with van der Waals surface area (Å²) in [7, 11) is 0. The molecule has 5 aromatic rings. The van der Waals surface area contributed by atoms with Crippen LogP contribution < -0.4 is 4.74 Å². The van der Waals surface area contributed by atoms with Gasteiger partial charge in [0.15, 0.2) is 36.1 Å². The summed E-state index contributed by atoms with van der Waals surface area (Å²) in [5, 5.41) is 18.1. The molecule has 0 aliphatic heterocycles. The summed E-state index contributed by atoms with van der Waals surface area (Å²) in [6, 6.07) is 25.1. The minimum atomic E-state index is -1.04. The minimum Gasteiger partial charge on any atom is -0.482 e. The van der Waals surface area contributed by atoms with E-state index in [4.69, 9.17) is 14.3 Å². The molecule has 174 valence electrons. The topological polar surface area (TPSA) is 103 Å². The zero-order chi connectivity index (χ0) is 24.2. The van der Waals surface area contributed by atoms with E-state index in [0.29, 0.717) is 35.3 Å². The lowest BCUT2D eigenvalue weighted by atomic mass is 10.0. The number of benzene rings is 3. The Morgan fingerprint density at radius 1 is 0.943 bits per heavy atom. The van der Waals surface area contributed by atoms with Crippen LogP contribution in [-0.4, -0.2) is 37.4 Å². The van der Waals surface area contributed by atoms with Gasteiger partial charge in [0.25, 0.3) is 0 Å². The first-order valence-electron chi connectivity index (χ1n) is 11.1. The molecule has 0 aliphatic rings. The van der Waals surface area contributed by atoms with E-state index in [1.54, 1.807) is 12.1 Å². The van der Waals surface area contributed by atoms with Gasteiger partial charge in [-0.3, -0.25) is 4.57 Å². The summed E-state index contributed by atoms with van der Waals surface area (Å²) in [5.41, 5.74) is 3.90. The number of aliphatic carboxylic acids is 1. The fourth-order valence-corrected chi connectivity index (χ4v) is 4.05. The van der Waals surface area contributed by atoms with Crippen molar-refractivity contribution in [2.24, 2.45) is 0 Å². The van der Waals surface area contributed by atoms with E-state index < -0.39 is 12.6 Å². The van der Waals surface area contributed by atoms with Gasteiger partial charge in [0.05, 0.1) is 0 Å². The quantitative estimate of drug-likeness (QED) is 0.332. The number of oxazole rings is 1. The Labute approximate surface area is 201 Å². The molecule has 0 atom stereocenters. The zero-order valence-corrected chi connectivity index (χ0v) is 19.0. The van der Waals surface area contributed by atoms with Gasteiger partial charge in [-0.15, -0.1) is 10.2 Å². The number of para-hydroxylation sites is 1. The van der Waals surface area contributed by atoms with Crippen LogP contribution in [0.1, 0.15) is 12.5 Å². The van der Waals surface area contributed by atoms with Crippen LogP contribution in [0.4, 0.5) is 0 Å².